The Balaban J connectivity index is 2.22. The molecule has 0 aliphatic heterocycles. The summed E-state index contributed by atoms with van der Waals surface area (Å²) in [7, 11) is 1.60. The quantitative estimate of drug-likeness (QED) is 0.745. The number of benzene rings is 1. The van der Waals surface area contributed by atoms with Crippen LogP contribution < -0.4 is 15.0 Å². The highest BCUT2D eigenvalue weighted by molar-refractivity contribution is 5.66. The number of ether oxygens (including phenoxy) is 2. The van der Waals surface area contributed by atoms with Crippen molar-refractivity contribution in [2.24, 2.45) is 0 Å². The number of fused-ring (bicyclic) bond motifs is 1. The number of rotatable bonds is 6. The van der Waals surface area contributed by atoms with Crippen LogP contribution in [0.25, 0.3) is 16.9 Å². The Labute approximate surface area is 145 Å². The largest absolute Gasteiger partial charge is 0.497 e. The van der Waals surface area contributed by atoms with Gasteiger partial charge >= 0.3 is 0 Å². The highest BCUT2D eigenvalue weighted by atomic mass is 16.5. The highest BCUT2D eigenvalue weighted by Gasteiger charge is 2.17. The standard InChI is InChI=1S/C18H22N4O3/c1-5-7-15-19-11(3)16-18(23)20-17(21-22(15)16)13-9-8-12(24-4)10-14(13)25-6-2/h8-10H,5-7H2,1-4H3,(H,20,21,23). The summed E-state index contributed by atoms with van der Waals surface area (Å²) in [6.45, 7) is 6.30. The van der Waals surface area contributed by atoms with Gasteiger partial charge in [0.15, 0.2) is 11.3 Å². The average Bonchev–Trinajstić information content (AvgIpc) is 2.91. The SMILES string of the molecule is CCCc1nc(C)c2c(=O)[nH]c(-c3ccc(OC)cc3OCC)nn12. The molecule has 0 aliphatic rings. The normalized spacial score (nSPS) is 11.0. The molecule has 3 aromatic rings. The van der Waals surface area contributed by atoms with Gasteiger partial charge in [-0.3, -0.25) is 4.79 Å². The van der Waals surface area contributed by atoms with Crippen LogP contribution in [0.4, 0.5) is 0 Å². The van der Waals surface area contributed by atoms with E-state index < -0.39 is 0 Å². The third-order valence-electron chi connectivity index (χ3n) is 3.96. The first-order valence-corrected chi connectivity index (χ1v) is 8.38. The fourth-order valence-corrected chi connectivity index (χ4v) is 2.84. The van der Waals surface area contributed by atoms with E-state index in [1.807, 2.05) is 26.0 Å². The summed E-state index contributed by atoms with van der Waals surface area (Å²) < 4.78 is 12.6. The van der Waals surface area contributed by atoms with Gasteiger partial charge < -0.3 is 14.5 Å². The zero-order chi connectivity index (χ0) is 18.0. The molecule has 0 saturated heterocycles. The molecule has 7 nitrogen and oxygen atoms in total. The maximum atomic E-state index is 12.6. The van der Waals surface area contributed by atoms with E-state index >= 15 is 0 Å². The van der Waals surface area contributed by atoms with E-state index in [4.69, 9.17) is 9.47 Å². The Morgan fingerprint density at radius 3 is 2.76 bits per heavy atom. The van der Waals surface area contributed by atoms with Crippen LogP contribution in [0, 0.1) is 6.92 Å². The Kier molecular flexibility index (Phi) is 4.74. The van der Waals surface area contributed by atoms with Crippen molar-refractivity contribution in [3.63, 3.8) is 0 Å². The Morgan fingerprint density at radius 2 is 2.08 bits per heavy atom. The lowest BCUT2D eigenvalue weighted by molar-refractivity contribution is 0.337. The van der Waals surface area contributed by atoms with Crippen LogP contribution in [0.2, 0.25) is 0 Å². The summed E-state index contributed by atoms with van der Waals surface area (Å²) in [6.07, 6.45) is 1.68. The van der Waals surface area contributed by atoms with E-state index in [9.17, 15) is 4.79 Å². The van der Waals surface area contributed by atoms with Crippen LogP contribution in [0.5, 0.6) is 11.5 Å². The van der Waals surface area contributed by atoms with Crippen LogP contribution in [0.1, 0.15) is 31.8 Å². The fourth-order valence-electron chi connectivity index (χ4n) is 2.84. The van der Waals surface area contributed by atoms with E-state index in [1.54, 1.807) is 17.7 Å². The first kappa shape index (κ1) is 17.0. The number of nitrogens with zero attached hydrogens (tertiary/aromatic N) is 3. The summed E-state index contributed by atoms with van der Waals surface area (Å²) in [5.41, 5.74) is 1.66. The maximum Gasteiger partial charge on any atom is 0.277 e. The molecule has 0 fully saturated rings. The van der Waals surface area contributed by atoms with Gasteiger partial charge in [0.1, 0.15) is 17.3 Å². The first-order valence-electron chi connectivity index (χ1n) is 8.38. The molecule has 2 heterocycles. The van der Waals surface area contributed by atoms with Crippen LogP contribution in [-0.2, 0) is 6.42 Å². The number of aryl methyl sites for hydroxylation is 2. The van der Waals surface area contributed by atoms with Gasteiger partial charge in [0.05, 0.1) is 25.0 Å². The summed E-state index contributed by atoms with van der Waals surface area (Å²) in [5.74, 6) is 2.52. The maximum absolute atomic E-state index is 12.6. The number of aromatic nitrogens is 4. The van der Waals surface area contributed by atoms with Gasteiger partial charge in [-0.15, -0.1) is 5.10 Å². The zero-order valence-corrected chi connectivity index (χ0v) is 14.9. The zero-order valence-electron chi connectivity index (χ0n) is 14.9. The highest BCUT2D eigenvalue weighted by Crippen LogP contribution is 2.31. The van der Waals surface area contributed by atoms with Crippen molar-refractivity contribution >= 4 is 5.52 Å². The lowest BCUT2D eigenvalue weighted by atomic mass is 10.2. The molecule has 0 spiro atoms. The second-order valence-corrected chi connectivity index (χ2v) is 5.72. The third-order valence-corrected chi connectivity index (χ3v) is 3.96. The minimum absolute atomic E-state index is 0.212. The first-order chi connectivity index (χ1) is 12.1. The monoisotopic (exact) mass is 342 g/mol. The van der Waals surface area contributed by atoms with E-state index in [0.717, 1.165) is 18.7 Å². The van der Waals surface area contributed by atoms with Crippen molar-refractivity contribution in [2.45, 2.75) is 33.6 Å². The van der Waals surface area contributed by atoms with Gasteiger partial charge in [-0.25, -0.2) is 9.50 Å². The van der Waals surface area contributed by atoms with Gasteiger partial charge in [0.25, 0.3) is 5.56 Å². The summed E-state index contributed by atoms with van der Waals surface area (Å²) in [6, 6.07) is 5.43. The van der Waals surface area contributed by atoms with Gasteiger partial charge in [-0.2, -0.15) is 0 Å². The van der Waals surface area contributed by atoms with Crippen molar-refractivity contribution in [3.05, 3.63) is 40.1 Å². The van der Waals surface area contributed by atoms with E-state index in [-0.39, 0.29) is 5.56 Å². The van der Waals surface area contributed by atoms with E-state index in [1.165, 1.54) is 0 Å². The molecule has 0 bridgehead atoms. The van der Waals surface area contributed by atoms with Crippen molar-refractivity contribution in [1.82, 2.24) is 19.6 Å². The van der Waals surface area contributed by atoms with Gasteiger partial charge in [-0.1, -0.05) is 6.92 Å². The molecule has 0 unspecified atom stereocenters. The number of hydrogen-bond donors (Lipinski definition) is 1. The van der Waals surface area contributed by atoms with Gasteiger partial charge in [0, 0.05) is 12.5 Å². The molecule has 2 aromatic heterocycles. The lowest BCUT2D eigenvalue weighted by Gasteiger charge is -2.11. The molecule has 7 heteroatoms. The second kappa shape index (κ2) is 6.96. The van der Waals surface area contributed by atoms with Crippen LogP contribution in [0.15, 0.2) is 23.0 Å². The minimum atomic E-state index is -0.212. The Hall–Kier alpha value is -2.83. The lowest BCUT2D eigenvalue weighted by Crippen LogP contribution is -2.15. The fraction of sp³-hybridized carbons (Fsp3) is 0.389. The van der Waals surface area contributed by atoms with Gasteiger partial charge in [-0.05, 0) is 32.4 Å². The number of methoxy groups -OCH3 is 1. The van der Waals surface area contributed by atoms with Gasteiger partial charge in [0.2, 0.25) is 0 Å². The van der Waals surface area contributed by atoms with Crippen molar-refractivity contribution in [3.8, 4) is 22.9 Å². The number of H-pyrrole nitrogens is 1. The third kappa shape index (κ3) is 3.09. The van der Waals surface area contributed by atoms with Crippen LogP contribution >= 0.6 is 0 Å². The number of hydrogen-bond acceptors (Lipinski definition) is 5. The Bertz CT molecular complexity index is 959. The van der Waals surface area contributed by atoms with Crippen LogP contribution in [0.3, 0.4) is 0 Å². The van der Waals surface area contributed by atoms with Crippen molar-refractivity contribution < 1.29 is 9.47 Å². The molecule has 25 heavy (non-hydrogen) atoms. The van der Waals surface area contributed by atoms with Crippen molar-refractivity contribution in [2.75, 3.05) is 13.7 Å². The van der Waals surface area contributed by atoms with Crippen LogP contribution in [-0.4, -0.2) is 33.3 Å². The number of imidazole rings is 1. The smallest absolute Gasteiger partial charge is 0.277 e. The number of aromatic amines is 1. The average molecular weight is 342 g/mol. The summed E-state index contributed by atoms with van der Waals surface area (Å²) in [4.78, 5) is 19.9. The predicted molar refractivity (Wildman–Crippen MR) is 95.5 cm³/mol. The summed E-state index contributed by atoms with van der Waals surface area (Å²) in [5, 5.41) is 4.62. The topological polar surface area (TPSA) is 81.5 Å². The molecule has 1 N–H and O–H groups in total. The Morgan fingerprint density at radius 1 is 1.28 bits per heavy atom. The molecule has 0 saturated carbocycles. The molecular formula is C18H22N4O3. The molecular weight excluding hydrogens is 320 g/mol. The second-order valence-electron chi connectivity index (χ2n) is 5.72. The predicted octanol–water partition coefficient (Wildman–Crippen LogP) is 2.75. The molecule has 1 aromatic carbocycles. The van der Waals surface area contributed by atoms with E-state index in [2.05, 4.69) is 22.0 Å². The summed E-state index contributed by atoms with van der Waals surface area (Å²) >= 11 is 0. The molecule has 0 aliphatic carbocycles. The molecule has 0 radical (unpaired) electrons. The van der Waals surface area contributed by atoms with Crippen molar-refractivity contribution in [1.29, 1.82) is 0 Å². The van der Waals surface area contributed by atoms with E-state index in [0.29, 0.717) is 40.7 Å². The number of nitrogens with one attached hydrogen (secondary N) is 1. The molecule has 0 amide bonds. The minimum Gasteiger partial charge on any atom is -0.497 e. The molecule has 132 valence electrons. The molecule has 3 rings (SSSR count). The molecule has 0 atom stereocenters.